The average Bonchev–Trinajstić information content (AvgIpc) is 3.14. The minimum Gasteiger partial charge on any atom is -0.476 e. The predicted octanol–water partition coefficient (Wildman–Crippen LogP) is 3.94. The fraction of sp³-hybridized carbons (Fsp3) is 0.273. The van der Waals surface area contributed by atoms with Gasteiger partial charge in [0, 0.05) is 36.2 Å². The molecular weight excluding hydrogens is 388 g/mol. The first kappa shape index (κ1) is 18.4. The Balaban J connectivity index is 1.54. The SMILES string of the molecule is Clc1ccc(-n2nc3c(cnc4ccccc43)c2OCCN2CCOCC2)cc1. The second-order valence-corrected chi connectivity index (χ2v) is 7.47. The molecule has 1 saturated heterocycles. The van der Waals surface area contributed by atoms with E-state index in [1.807, 2.05) is 59.4 Å². The zero-order chi connectivity index (χ0) is 19.6. The van der Waals surface area contributed by atoms with Crippen molar-refractivity contribution in [3.63, 3.8) is 0 Å². The summed E-state index contributed by atoms with van der Waals surface area (Å²) < 4.78 is 13.5. The lowest BCUT2D eigenvalue weighted by Crippen LogP contribution is -2.38. The van der Waals surface area contributed by atoms with Gasteiger partial charge in [0.1, 0.15) is 12.1 Å². The van der Waals surface area contributed by atoms with Gasteiger partial charge < -0.3 is 9.47 Å². The highest BCUT2D eigenvalue weighted by atomic mass is 35.5. The molecule has 0 bridgehead atoms. The number of para-hydroxylation sites is 1. The van der Waals surface area contributed by atoms with Gasteiger partial charge in [0.2, 0.25) is 5.88 Å². The Morgan fingerprint density at radius 1 is 1.00 bits per heavy atom. The van der Waals surface area contributed by atoms with E-state index >= 15 is 0 Å². The van der Waals surface area contributed by atoms with Crippen LogP contribution in [0, 0.1) is 0 Å². The van der Waals surface area contributed by atoms with Gasteiger partial charge in [-0.15, -0.1) is 0 Å². The van der Waals surface area contributed by atoms with E-state index in [1.165, 1.54) is 0 Å². The molecule has 4 aromatic rings. The molecule has 1 fully saturated rings. The Hall–Kier alpha value is -2.67. The van der Waals surface area contributed by atoms with Crippen molar-refractivity contribution in [3.05, 3.63) is 59.8 Å². The lowest BCUT2D eigenvalue weighted by molar-refractivity contribution is 0.0319. The molecule has 0 spiro atoms. The summed E-state index contributed by atoms with van der Waals surface area (Å²) in [5.74, 6) is 0.703. The number of benzene rings is 2. The van der Waals surface area contributed by atoms with E-state index in [1.54, 1.807) is 0 Å². The number of hydrogen-bond acceptors (Lipinski definition) is 5. The molecule has 0 aliphatic carbocycles. The first-order valence-electron chi connectivity index (χ1n) is 9.75. The Kier molecular flexibility index (Phi) is 5.06. The minimum absolute atomic E-state index is 0.571. The highest BCUT2D eigenvalue weighted by molar-refractivity contribution is 6.30. The molecule has 0 atom stereocenters. The van der Waals surface area contributed by atoms with Crippen LogP contribution in [-0.4, -0.2) is 59.1 Å². The van der Waals surface area contributed by atoms with Crippen LogP contribution in [0.2, 0.25) is 5.02 Å². The predicted molar refractivity (Wildman–Crippen MR) is 114 cm³/mol. The molecule has 2 aromatic carbocycles. The molecule has 3 heterocycles. The van der Waals surface area contributed by atoms with Gasteiger partial charge in [-0.2, -0.15) is 9.78 Å². The van der Waals surface area contributed by atoms with Gasteiger partial charge in [-0.1, -0.05) is 29.8 Å². The number of pyridine rings is 1. The lowest BCUT2D eigenvalue weighted by Gasteiger charge is -2.26. The normalized spacial score (nSPS) is 15.2. The van der Waals surface area contributed by atoms with Crippen LogP contribution in [0.15, 0.2) is 54.7 Å². The first-order chi connectivity index (χ1) is 14.3. The highest BCUT2D eigenvalue weighted by Crippen LogP contribution is 2.32. The Bertz CT molecular complexity index is 1140. The summed E-state index contributed by atoms with van der Waals surface area (Å²) in [6.45, 7) is 4.85. The summed E-state index contributed by atoms with van der Waals surface area (Å²) in [5.41, 5.74) is 2.70. The van der Waals surface area contributed by atoms with Crippen LogP contribution in [0.5, 0.6) is 5.88 Å². The maximum Gasteiger partial charge on any atom is 0.226 e. The highest BCUT2D eigenvalue weighted by Gasteiger charge is 2.18. The Morgan fingerprint density at radius 3 is 2.62 bits per heavy atom. The molecule has 0 saturated carbocycles. The third kappa shape index (κ3) is 3.67. The third-order valence-electron chi connectivity index (χ3n) is 5.19. The van der Waals surface area contributed by atoms with Gasteiger partial charge in [-0.05, 0) is 30.3 Å². The van der Waals surface area contributed by atoms with Crippen LogP contribution in [0.25, 0.3) is 27.5 Å². The zero-order valence-corrected chi connectivity index (χ0v) is 16.7. The van der Waals surface area contributed by atoms with Gasteiger partial charge >= 0.3 is 0 Å². The lowest BCUT2D eigenvalue weighted by atomic mass is 10.2. The molecule has 0 N–H and O–H groups in total. The molecule has 0 amide bonds. The van der Waals surface area contributed by atoms with E-state index in [2.05, 4.69) is 9.88 Å². The standard InChI is InChI=1S/C22H21ClN4O2/c23-16-5-7-17(8-6-16)27-22(29-14-11-26-9-12-28-13-10-26)19-15-24-20-4-2-1-3-18(20)21(19)25-27/h1-8,15H,9-14H2. The number of nitrogens with zero attached hydrogens (tertiary/aromatic N) is 4. The summed E-state index contributed by atoms with van der Waals surface area (Å²) in [4.78, 5) is 6.96. The monoisotopic (exact) mass is 408 g/mol. The van der Waals surface area contributed by atoms with E-state index in [-0.39, 0.29) is 0 Å². The minimum atomic E-state index is 0.571. The van der Waals surface area contributed by atoms with Crippen molar-refractivity contribution in [2.45, 2.75) is 0 Å². The molecule has 0 unspecified atom stereocenters. The van der Waals surface area contributed by atoms with Crippen LogP contribution >= 0.6 is 11.6 Å². The zero-order valence-electron chi connectivity index (χ0n) is 15.9. The average molecular weight is 409 g/mol. The molecule has 6 nitrogen and oxygen atoms in total. The third-order valence-corrected chi connectivity index (χ3v) is 5.44. The maximum atomic E-state index is 6.27. The molecule has 5 rings (SSSR count). The number of aromatic nitrogens is 3. The Morgan fingerprint density at radius 2 is 1.79 bits per heavy atom. The number of fused-ring (bicyclic) bond motifs is 3. The van der Waals surface area contributed by atoms with Crippen molar-refractivity contribution in [2.24, 2.45) is 0 Å². The van der Waals surface area contributed by atoms with Crippen molar-refractivity contribution < 1.29 is 9.47 Å². The largest absolute Gasteiger partial charge is 0.476 e. The summed E-state index contributed by atoms with van der Waals surface area (Å²) in [5, 5.41) is 7.48. The fourth-order valence-electron chi connectivity index (χ4n) is 3.64. The van der Waals surface area contributed by atoms with Crippen molar-refractivity contribution >= 4 is 33.4 Å². The van der Waals surface area contributed by atoms with E-state index in [4.69, 9.17) is 26.2 Å². The summed E-state index contributed by atoms with van der Waals surface area (Å²) in [6, 6.07) is 15.6. The Labute approximate surface area is 173 Å². The fourth-order valence-corrected chi connectivity index (χ4v) is 3.77. The number of ether oxygens (including phenoxy) is 2. The molecule has 1 aliphatic rings. The second kappa shape index (κ2) is 7.99. The number of halogens is 1. The molecule has 29 heavy (non-hydrogen) atoms. The molecule has 1 aliphatic heterocycles. The van der Waals surface area contributed by atoms with Crippen LogP contribution in [0.3, 0.4) is 0 Å². The van der Waals surface area contributed by atoms with E-state index in [9.17, 15) is 0 Å². The van der Waals surface area contributed by atoms with Crippen LogP contribution in [-0.2, 0) is 4.74 Å². The van der Waals surface area contributed by atoms with Crippen LogP contribution in [0.1, 0.15) is 0 Å². The molecule has 0 radical (unpaired) electrons. The van der Waals surface area contributed by atoms with Gasteiger partial charge in [0.05, 0.1) is 29.8 Å². The molecule has 2 aromatic heterocycles. The number of morpholine rings is 1. The second-order valence-electron chi connectivity index (χ2n) is 7.03. The summed E-state index contributed by atoms with van der Waals surface area (Å²) in [7, 11) is 0. The van der Waals surface area contributed by atoms with E-state index < -0.39 is 0 Å². The van der Waals surface area contributed by atoms with Crippen molar-refractivity contribution in [1.82, 2.24) is 19.7 Å². The van der Waals surface area contributed by atoms with Crippen molar-refractivity contribution in [3.8, 4) is 11.6 Å². The van der Waals surface area contributed by atoms with E-state index in [0.29, 0.717) is 17.5 Å². The number of hydrogen-bond donors (Lipinski definition) is 0. The quantitative estimate of drug-likeness (QED) is 0.500. The molecule has 148 valence electrons. The molecule has 7 heteroatoms. The smallest absolute Gasteiger partial charge is 0.226 e. The molecular formula is C22H21ClN4O2. The van der Waals surface area contributed by atoms with Gasteiger partial charge in [0.15, 0.2) is 0 Å². The van der Waals surface area contributed by atoms with Crippen LogP contribution in [0.4, 0.5) is 0 Å². The van der Waals surface area contributed by atoms with Gasteiger partial charge in [0.25, 0.3) is 0 Å². The van der Waals surface area contributed by atoms with Crippen molar-refractivity contribution in [2.75, 3.05) is 39.5 Å². The summed E-state index contributed by atoms with van der Waals surface area (Å²) in [6.07, 6.45) is 1.85. The maximum absolute atomic E-state index is 6.27. The van der Waals surface area contributed by atoms with Crippen molar-refractivity contribution in [1.29, 1.82) is 0 Å². The van der Waals surface area contributed by atoms with Gasteiger partial charge in [-0.3, -0.25) is 9.88 Å². The van der Waals surface area contributed by atoms with E-state index in [0.717, 1.165) is 60.3 Å². The number of rotatable bonds is 5. The topological polar surface area (TPSA) is 52.4 Å². The van der Waals surface area contributed by atoms with Gasteiger partial charge in [-0.25, -0.2) is 0 Å². The summed E-state index contributed by atoms with van der Waals surface area (Å²) >= 11 is 6.08. The van der Waals surface area contributed by atoms with Crippen LogP contribution < -0.4 is 4.74 Å². The first-order valence-corrected chi connectivity index (χ1v) is 10.1.